The Balaban J connectivity index is 1.46. The molecule has 0 saturated heterocycles. The molecule has 2 aromatic carbocycles. The van der Waals surface area contributed by atoms with Gasteiger partial charge in [-0.3, -0.25) is 4.79 Å². The fourth-order valence-corrected chi connectivity index (χ4v) is 3.58. The van der Waals surface area contributed by atoms with E-state index in [9.17, 15) is 4.79 Å². The Bertz CT molecular complexity index is 1470. The molecule has 0 saturated carbocycles. The molecule has 10 heteroatoms. The lowest BCUT2D eigenvalue weighted by Gasteiger charge is -2.10. The number of fused-ring (bicyclic) bond motifs is 1. The summed E-state index contributed by atoms with van der Waals surface area (Å²) in [5, 5.41) is 12.1. The van der Waals surface area contributed by atoms with Gasteiger partial charge in [0.15, 0.2) is 11.5 Å². The van der Waals surface area contributed by atoms with Gasteiger partial charge in [-0.2, -0.15) is 10.2 Å². The van der Waals surface area contributed by atoms with E-state index >= 15 is 0 Å². The van der Waals surface area contributed by atoms with Gasteiger partial charge >= 0.3 is 0 Å². The zero-order chi connectivity index (χ0) is 22.2. The van der Waals surface area contributed by atoms with Gasteiger partial charge in [-0.1, -0.05) is 23.7 Å². The summed E-state index contributed by atoms with van der Waals surface area (Å²) in [5.41, 5.74) is 10.8. The number of benzene rings is 2. The van der Waals surface area contributed by atoms with E-state index in [0.717, 1.165) is 22.5 Å². The van der Waals surface area contributed by atoms with Crippen molar-refractivity contribution in [2.24, 2.45) is 0 Å². The van der Waals surface area contributed by atoms with E-state index in [-0.39, 0.29) is 5.91 Å². The molecule has 158 valence electrons. The minimum absolute atomic E-state index is 0.244. The number of carbonyl (C=O) groups is 1. The number of hydrogen-bond donors (Lipinski definition) is 2. The molecule has 0 bridgehead atoms. The third-order valence-electron chi connectivity index (χ3n) is 5.01. The SMILES string of the molecule is Cc1ccc(NC(=O)c2cccc(Cl)c2)cc1-n1cc(-c2cnc3c(N)ncnn23)cn1. The van der Waals surface area contributed by atoms with Crippen molar-refractivity contribution in [1.82, 2.24) is 29.4 Å². The Morgan fingerprint density at radius 1 is 1.09 bits per heavy atom. The zero-order valence-corrected chi connectivity index (χ0v) is 17.7. The lowest BCUT2D eigenvalue weighted by Crippen LogP contribution is -2.12. The van der Waals surface area contributed by atoms with Gasteiger partial charge in [0, 0.05) is 28.0 Å². The van der Waals surface area contributed by atoms with Crippen molar-refractivity contribution in [3.63, 3.8) is 0 Å². The molecule has 0 aliphatic heterocycles. The topological polar surface area (TPSA) is 116 Å². The number of nitrogens with two attached hydrogens (primary N) is 1. The van der Waals surface area contributed by atoms with E-state index in [2.05, 4.69) is 25.5 Å². The molecule has 3 aromatic heterocycles. The molecule has 1 amide bonds. The van der Waals surface area contributed by atoms with Crippen LogP contribution in [-0.2, 0) is 0 Å². The first-order valence-corrected chi connectivity index (χ1v) is 10.0. The number of rotatable bonds is 4. The number of nitrogen functional groups attached to an aromatic ring is 1. The maximum absolute atomic E-state index is 12.6. The summed E-state index contributed by atoms with van der Waals surface area (Å²) in [6, 6.07) is 12.4. The standard InChI is InChI=1S/C22H17ClN8O/c1-13-5-6-17(29-22(32)14-3-2-4-16(23)7-14)8-18(13)30-11-15(9-27-30)19-10-25-21-20(24)26-12-28-31(19)21/h2-12H,1H3,(H,29,32)(H2,24,26,28). The Hall–Kier alpha value is -4.24. The number of halogens is 1. The van der Waals surface area contributed by atoms with Crippen molar-refractivity contribution in [2.45, 2.75) is 6.92 Å². The fraction of sp³-hybridized carbons (Fsp3) is 0.0455. The number of nitrogens with zero attached hydrogens (tertiary/aromatic N) is 6. The summed E-state index contributed by atoms with van der Waals surface area (Å²) in [7, 11) is 0. The molecule has 9 nitrogen and oxygen atoms in total. The molecule has 0 radical (unpaired) electrons. The average molecular weight is 445 g/mol. The number of carbonyl (C=O) groups excluding carboxylic acids is 1. The van der Waals surface area contributed by atoms with E-state index < -0.39 is 0 Å². The minimum atomic E-state index is -0.244. The summed E-state index contributed by atoms with van der Waals surface area (Å²) >= 11 is 5.99. The number of aromatic nitrogens is 6. The Morgan fingerprint density at radius 2 is 1.97 bits per heavy atom. The van der Waals surface area contributed by atoms with Crippen LogP contribution < -0.4 is 11.1 Å². The van der Waals surface area contributed by atoms with Crippen LogP contribution >= 0.6 is 11.6 Å². The first-order chi connectivity index (χ1) is 15.5. The van der Waals surface area contributed by atoms with E-state index in [0.29, 0.717) is 27.7 Å². The van der Waals surface area contributed by atoms with Crippen molar-refractivity contribution in [3.8, 4) is 16.9 Å². The van der Waals surface area contributed by atoms with Crippen molar-refractivity contribution >= 4 is 34.7 Å². The molecular formula is C22H17ClN8O. The molecule has 0 spiro atoms. The molecule has 0 unspecified atom stereocenters. The second-order valence-electron chi connectivity index (χ2n) is 7.16. The largest absolute Gasteiger partial charge is 0.381 e. The molecule has 3 N–H and O–H groups in total. The summed E-state index contributed by atoms with van der Waals surface area (Å²) in [6.45, 7) is 1.97. The van der Waals surface area contributed by atoms with Crippen LogP contribution in [0.3, 0.4) is 0 Å². The van der Waals surface area contributed by atoms with Crippen molar-refractivity contribution in [1.29, 1.82) is 0 Å². The first-order valence-electron chi connectivity index (χ1n) is 9.67. The third-order valence-corrected chi connectivity index (χ3v) is 5.25. The molecule has 5 rings (SSSR count). The van der Waals surface area contributed by atoms with Crippen molar-refractivity contribution in [3.05, 3.63) is 83.5 Å². The van der Waals surface area contributed by atoms with Gasteiger partial charge in [0.25, 0.3) is 5.91 Å². The Morgan fingerprint density at radius 3 is 2.81 bits per heavy atom. The Labute approximate surface area is 187 Å². The van der Waals surface area contributed by atoms with Crippen LogP contribution in [-0.4, -0.2) is 35.3 Å². The maximum atomic E-state index is 12.6. The number of anilines is 2. The molecule has 0 aliphatic carbocycles. The first kappa shape index (κ1) is 19.7. The predicted molar refractivity (Wildman–Crippen MR) is 122 cm³/mol. The van der Waals surface area contributed by atoms with Gasteiger partial charge < -0.3 is 11.1 Å². The molecule has 32 heavy (non-hydrogen) atoms. The number of hydrogen-bond acceptors (Lipinski definition) is 6. The predicted octanol–water partition coefficient (Wildman–Crippen LogP) is 3.77. The highest BCUT2D eigenvalue weighted by Gasteiger charge is 2.14. The quantitative estimate of drug-likeness (QED) is 0.436. The number of aryl methyl sites for hydroxylation is 1. The lowest BCUT2D eigenvalue weighted by molar-refractivity contribution is 0.102. The zero-order valence-electron chi connectivity index (χ0n) is 16.9. The second-order valence-corrected chi connectivity index (χ2v) is 7.60. The molecule has 0 fully saturated rings. The lowest BCUT2D eigenvalue weighted by atomic mass is 10.1. The van der Waals surface area contributed by atoms with E-state index in [1.54, 1.807) is 45.9 Å². The monoisotopic (exact) mass is 444 g/mol. The van der Waals surface area contributed by atoms with Gasteiger partial charge in [0.2, 0.25) is 0 Å². The smallest absolute Gasteiger partial charge is 0.255 e. The maximum Gasteiger partial charge on any atom is 0.255 e. The molecule has 5 aromatic rings. The van der Waals surface area contributed by atoms with Crippen molar-refractivity contribution in [2.75, 3.05) is 11.1 Å². The second kappa shape index (κ2) is 7.78. The van der Waals surface area contributed by atoms with Crippen LogP contribution in [0, 0.1) is 6.92 Å². The third kappa shape index (κ3) is 3.54. The molecule has 0 atom stereocenters. The molecule has 0 aliphatic rings. The van der Waals surface area contributed by atoms with Crippen LogP contribution in [0.4, 0.5) is 11.5 Å². The van der Waals surface area contributed by atoms with Gasteiger partial charge in [-0.15, -0.1) is 0 Å². The van der Waals surface area contributed by atoms with Crippen LogP contribution in [0.2, 0.25) is 5.02 Å². The summed E-state index contributed by atoms with van der Waals surface area (Å²) < 4.78 is 3.36. The number of amides is 1. The highest BCUT2D eigenvalue weighted by molar-refractivity contribution is 6.31. The van der Waals surface area contributed by atoms with Gasteiger partial charge in [-0.25, -0.2) is 19.2 Å². The number of nitrogens with one attached hydrogen (secondary N) is 1. The average Bonchev–Trinajstić information content (AvgIpc) is 3.43. The highest BCUT2D eigenvalue weighted by Crippen LogP contribution is 2.25. The van der Waals surface area contributed by atoms with Crippen LogP contribution in [0.5, 0.6) is 0 Å². The summed E-state index contributed by atoms with van der Waals surface area (Å²) in [6.07, 6.45) is 6.65. The highest BCUT2D eigenvalue weighted by atomic mass is 35.5. The van der Waals surface area contributed by atoms with Crippen LogP contribution in [0.15, 0.2) is 67.4 Å². The van der Waals surface area contributed by atoms with Gasteiger partial charge in [0.1, 0.15) is 6.33 Å². The van der Waals surface area contributed by atoms with E-state index in [4.69, 9.17) is 17.3 Å². The minimum Gasteiger partial charge on any atom is -0.381 e. The van der Waals surface area contributed by atoms with Crippen LogP contribution in [0.25, 0.3) is 22.6 Å². The Kier molecular flexibility index (Phi) is 4.79. The van der Waals surface area contributed by atoms with Gasteiger partial charge in [0.05, 0.1) is 23.8 Å². The molecular weight excluding hydrogens is 428 g/mol. The van der Waals surface area contributed by atoms with E-state index in [1.165, 1.54) is 6.33 Å². The van der Waals surface area contributed by atoms with E-state index in [1.807, 2.05) is 31.3 Å². The van der Waals surface area contributed by atoms with Crippen LogP contribution in [0.1, 0.15) is 15.9 Å². The van der Waals surface area contributed by atoms with Crippen molar-refractivity contribution < 1.29 is 4.79 Å². The fourth-order valence-electron chi connectivity index (χ4n) is 3.39. The number of imidazole rings is 1. The molecule has 3 heterocycles. The summed E-state index contributed by atoms with van der Waals surface area (Å²) in [5.74, 6) is 0.0593. The van der Waals surface area contributed by atoms with Gasteiger partial charge in [-0.05, 0) is 42.8 Å². The normalized spacial score (nSPS) is 11.1. The summed E-state index contributed by atoms with van der Waals surface area (Å²) in [4.78, 5) is 20.8.